The molecule has 0 N–H and O–H groups in total. The Morgan fingerprint density at radius 2 is 2.12 bits per heavy atom. The zero-order valence-electron chi connectivity index (χ0n) is 9.53. The van der Waals surface area contributed by atoms with Crippen LogP contribution >= 0.6 is 0 Å². The molecule has 1 heterocycles. The minimum Gasteiger partial charge on any atom is -0.268 e. The van der Waals surface area contributed by atoms with Gasteiger partial charge in [-0.15, -0.1) is 0 Å². The van der Waals surface area contributed by atoms with E-state index in [9.17, 15) is 9.00 Å². The molecule has 86 valence electrons. The smallest absolute Gasteiger partial charge is 0.267 e. The summed E-state index contributed by atoms with van der Waals surface area (Å²) in [5.74, 6) is -0.0956. The lowest BCUT2D eigenvalue weighted by Crippen LogP contribution is -2.27. The van der Waals surface area contributed by atoms with Crippen molar-refractivity contribution in [3.63, 3.8) is 0 Å². The van der Waals surface area contributed by atoms with E-state index < -0.39 is 11.0 Å². The minimum atomic E-state index is -1.29. The Bertz CT molecular complexity index is 456. The Hall–Kier alpha value is -1.16. The predicted molar refractivity (Wildman–Crippen MR) is 63.5 cm³/mol. The van der Waals surface area contributed by atoms with E-state index in [1.165, 1.54) is 4.31 Å². The number of amides is 1. The summed E-state index contributed by atoms with van der Waals surface area (Å²) in [6.45, 7) is 4.58. The number of carbonyl (C=O) groups excluding carboxylic acids is 1. The molecule has 16 heavy (non-hydrogen) atoms. The van der Waals surface area contributed by atoms with Gasteiger partial charge < -0.3 is 0 Å². The molecule has 1 aromatic carbocycles. The predicted octanol–water partition coefficient (Wildman–Crippen LogP) is 2.27. The summed E-state index contributed by atoms with van der Waals surface area (Å²) < 4.78 is 13.5. The van der Waals surface area contributed by atoms with Crippen LogP contribution in [0.15, 0.2) is 23.1 Å². The molecule has 0 aliphatic carbocycles. The SMILES string of the molecule is CCCCN1C(=O)c2ccc(C)cc2S1=O. The van der Waals surface area contributed by atoms with Crippen molar-refractivity contribution in [2.75, 3.05) is 6.54 Å². The first-order valence-corrected chi connectivity index (χ1v) is 6.60. The summed E-state index contributed by atoms with van der Waals surface area (Å²) >= 11 is 0. The van der Waals surface area contributed by atoms with E-state index in [2.05, 4.69) is 6.92 Å². The van der Waals surface area contributed by atoms with Crippen LogP contribution in [0.2, 0.25) is 0 Å². The number of nitrogens with zero attached hydrogens (tertiary/aromatic N) is 1. The first kappa shape index (κ1) is 11.3. The van der Waals surface area contributed by atoms with E-state index in [-0.39, 0.29) is 5.91 Å². The molecule has 1 aliphatic rings. The van der Waals surface area contributed by atoms with E-state index >= 15 is 0 Å². The molecule has 1 unspecified atom stereocenters. The average molecular weight is 237 g/mol. The molecule has 0 bridgehead atoms. The van der Waals surface area contributed by atoms with Gasteiger partial charge in [0.05, 0.1) is 10.5 Å². The topological polar surface area (TPSA) is 37.4 Å². The average Bonchev–Trinajstić information content (AvgIpc) is 2.50. The number of aryl methyl sites for hydroxylation is 1. The molecule has 0 aromatic heterocycles. The molecule has 0 saturated heterocycles. The molecule has 2 rings (SSSR count). The minimum absolute atomic E-state index is 0.0956. The Morgan fingerprint density at radius 1 is 1.38 bits per heavy atom. The van der Waals surface area contributed by atoms with Crippen LogP contribution in [0.3, 0.4) is 0 Å². The summed E-state index contributed by atoms with van der Waals surface area (Å²) in [6.07, 6.45) is 1.89. The second-order valence-corrected chi connectivity index (χ2v) is 5.39. The van der Waals surface area contributed by atoms with Crippen molar-refractivity contribution in [3.05, 3.63) is 29.3 Å². The number of fused-ring (bicyclic) bond motifs is 1. The summed E-state index contributed by atoms with van der Waals surface area (Å²) in [7, 11) is -1.29. The van der Waals surface area contributed by atoms with Crippen LogP contribution in [0.5, 0.6) is 0 Å². The number of benzene rings is 1. The Morgan fingerprint density at radius 3 is 2.81 bits per heavy atom. The first-order valence-electron chi connectivity index (χ1n) is 5.49. The zero-order chi connectivity index (χ0) is 11.7. The summed E-state index contributed by atoms with van der Waals surface area (Å²) in [5.41, 5.74) is 1.64. The zero-order valence-corrected chi connectivity index (χ0v) is 10.3. The fraction of sp³-hybridized carbons (Fsp3) is 0.417. The first-order chi connectivity index (χ1) is 7.65. The van der Waals surface area contributed by atoms with E-state index in [1.54, 1.807) is 6.07 Å². The Labute approximate surface area is 98.0 Å². The number of carbonyl (C=O) groups is 1. The van der Waals surface area contributed by atoms with Crippen LogP contribution in [0.4, 0.5) is 0 Å². The lowest BCUT2D eigenvalue weighted by molar-refractivity contribution is 0.0874. The largest absolute Gasteiger partial charge is 0.268 e. The maximum absolute atomic E-state index is 12.1. The number of unbranched alkanes of at least 4 members (excludes halogenated alkanes) is 1. The molecule has 0 radical (unpaired) electrons. The van der Waals surface area contributed by atoms with E-state index in [1.807, 2.05) is 19.1 Å². The van der Waals surface area contributed by atoms with Gasteiger partial charge in [0, 0.05) is 6.54 Å². The Kier molecular flexibility index (Phi) is 3.10. The summed E-state index contributed by atoms with van der Waals surface area (Å²) in [4.78, 5) is 12.6. The normalized spacial score (nSPS) is 19.0. The van der Waals surface area contributed by atoms with Gasteiger partial charge in [-0.2, -0.15) is 0 Å². The highest BCUT2D eigenvalue weighted by molar-refractivity contribution is 7.84. The maximum Gasteiger partial charge on any atom is 0.267 e. The molecule has 1 aromatic rings. The number of hydrogen-bond donors (Lipinski definition) is 0. The van der Waals surface area contributed by atoms with Crippen LogP contribution in [-0.4, -0.2) is 21.0 Å². The van der Waals surface area contributed by atoms with Crippen molar-refractivity contribution in [2.24, 2.45) is 0 Å². The molecule has 0 saturated carbocycles. The van der Waals surface area contributed by atoms with Crippen LogP contribution in [0.1, 0.15) is 35.7 Å². The fourth-order valence-corrected chi connectivity index (χ4v) is 3.18. The lowest BCUT2D eigenvalue weighted by Gasteiger charge is -2.12. The van der Waals surface area contributed by atoms with Gasteiger partial charge in [-0.3, -0.25) is 9.10 Å². The molecule has 1 amide bonds. The molecule has 0 spiro atoms. The Balaban J connectivity index is 2.33. The quantitative estimate of drug-likeness (QED) is 0.808. The third-order valence-electron chi connectivity index (χ3n) is 2.70. The van der Waals surface area contributed by atoms with Crippen molar-refractivity contribution in [1.82, 2.24) is 4.31 Å². The van der Waals surface area contributed by atoms with Gasteiger partial charge in [0.1, 0.15) is 0 Å². The molecular formula is C12H15NO2S. The van der Waals surface area contributed by atoms with Crippen molar-refractivity contribution < 1.29 is 9.00 Å². The van der Waals surface area contributed by atoms with Crippen molar-refractivity contribution in [2.45, 2.75) is 31.6 Å². The highest BCUT2D eigenvalue weighted by atomic mass is 32.2. The highest BCUT2D eigenvalue weighted by Crippen LogP contribution is 2.27. The van der Waals surface area contributed by atoms with Crippen LogP contribution in [-0.2, 0) is 11.0 Å². The van der Waals surface area contributed by atoms with Gasteiger partial charge in [-0.1, -0.05) is 19.4 Å². The molecule has 1 aliphatic heterocycles. The lowest BCUT2D eigenvalue weighted by atomic mass is 10.1. The van der Waals surface area contributed by atoms with Gasteiger partial charge in [-0.05, 0) is 31.0 Å². The van der Waals surface area contributed by atoms with E-state index in [0.29, 0.717) is 17.0 Å². The number of rotatable bonds is 3. The molecule has 3 nitrogen and oxygen atoms in total. The second kappa shape index (κ2) is 4.37. The van der Waals surface area contributed by atoms with Crippen LogP contribution in [0.25, 0.3) is 0 Å². The molecular weight excluding hydrogens is 222 g/mol. The standard InChI is InChI=1S/C12H15NO2S/c1-3-4-7-13-12(14)10-6-5-9(2)8-11(10)16(13)15/h5-6,8H,3-4,7H2,1-2H3. The van der Waals surface area contributed by atoms with E-state index in [0.717, 1.165) is 18.4 Å². The van der Waals surface area contributed by atoms with Crippen LogP contribution < -0.4 is 0 Å². The summed E-state index contributed by atoms with van der Waals surface area (Å²) in [5, 5.41) is 0. The molecule has 1 atom stereocenters. The van der Waals surface area contributed by atoms with Gasteiger partial charge in [0.25, 0.3) is 5.91 Å². The summed E-state index contributed by atoms with van der Waals surface area (Å²) in [6, 6.07) is 5.50. The van der Waals surface area contributed by atoms with Gasteiger partial charge >= 0.3 is 0 Å². The second-order valence-electron chi connectivity index (χ2n) is 4.01. The van der Waals surface area contributed by atoms with Crippen molar-refractivity contribution in [1.29, 1.82) is 0 Å². The van der Waals surface area contributed by atoms with Crippen molar-refractivity contribution >= 4 is 16.9 Å². The fourth-order valence-electron chi connectivity index (χ4n) is 1.77. The van der Waals surface area contributed by atoms with E-state index in [4.69, 9.17) is 0 Å². The monoisotopic (exact) mass is 237 g/mol. The van der Waals surface area contributed by atoms with Crippen LogP contribution in [0, 0.1) is 6.92 Å². The molecule has 0 fully saturated rings. The third kappa shape index (κ3) is 1.78. The van der Waals surface area contributed by atoms with Gasteiger partial charge in [0.2, 0.25) is 0 Å². The highest BCUT2D eigenvalue weighted by Gasteiger charge is 2.33. The number of hydrogen-bond acceptors (Lipinski definition) is 2. The third-order valence-corrected chi connectivity index (χ3v) is 4.16. The van der Waals surface area contributed by atoms with Gasteiger partial charge in [0.15, 0.2) is 11.0 Å². The maximum atomic E-state index is 12.1. The van der Waals surface area contributed by atoms with Gasteiger partial charge in [-0.25, -0.2) is 4.21 Å². The van der Waals surface area contributed by atoms with Crippen molar-refractivity contribution in [3.8, 4) is 0 Å². The molecule has 4 heteroatoms.